The van der Waals surface area contributed by atoms with Gasteiger partial charge in [-0.15, -0.1) is 11.3 Å². The molecule has 0 spiro atoms. The SMILES string of the molecule is Cc1cc(C(=O)OCC(=O)Nc2c(C#N)oc3ccccc23)c(C)n1Cc1cccs1. The zero-order chi connectivity index (χ0) is 22.0. The molecule has 0 fully saturated rings. The van der Waals surface area contributed by atoms with Crippen molar-refractivity contribution in [2.45, 2.75) is 20.4 Å². The van der Waals surface area contributed by atoms with E-state index in [0.717, 1.165) is 11.4 Å². The van der Waals surface area contributed by atoms with Crippen LogP contribution < -0.4 is 5.32 Å². The van der Waals surface area contributed by atoms with Crippen LogP contribution in [0.2, 0.25) is 0 Å². The predicted molar refractivity (Wildman–Crippen MR) is 117 cm³/mol. The summed E-state index contributed by atoms with van der Waals surface area (Å²) in [4.78, 5) is 26.2. The second-order valence-corrected chi connectivity index (χ2v) is 8.02. The zero-order valence-electron chi connectivity index (χ0n) is 17.0. The summed E-state index contributed by atoms with van der Waals surface area (Å²) in [6.45, 7) is 3.98. The van der Waals surface area contributed by atoms with Gasteiger partial charge in [0.25, 0.3) is 5.91 Å². The molecule has 1 N–H and O–H groups in total. The van der Waals surface area contributed by atoms with E-state index in [4.69, 9.17) is 9.15 Å². The molecule has 8 heteroatoms. The Labute approximate surface area is 182 Å². The van der Waals surface area contributed by atoms with Crippen LogP contribution in [0.4, 0.5) is 5.69 Å². The molecule has 3 aromatic heterocycles. The maximum Gasteiger partial charge on any atom is 0.340 e. The Bertz CT molecular complexity index is 1310. The number of hydrogen-bond acceptors (Lipinski definition) is 6. The number of ether oxygens (including phenoxy) is 1. The van der Waals surface area contributed by atoms with E-state index in [1.165, 1.54) is 4.88 Å². The van der Waals surface area contributed by atoms with E-state index in [0.29, 0.717) is 23.1 Å². The van der Waals surface area contributed by atoms with Crippen molar-refractivity contribution < 1.29 is 18.7 Å². The normalized spacial score (nSPS) is 10.7. The maximum absolute atomic E-state index is 12.6. The number of aryl methyl sites for hydroxylation is 1. The molecule has 0 aliphatic heterocycles. The van der Waals surface area contributed by atoms with E-state index < -0.39 is 18.5 Å². The lowest BCUT2D eigenvalue weighted by Gasteiger charge is -2.09. The number of amides is 1. The molecule has 0 bridgehead atoms. The Morgan fingerprint density at radius 1 is 1.23 bits per heavy atom. The number of esters is 1. The molecule has 0 aliphatic carbocycles. The summed E-state index contributed by atoms with van der Waals surface area (Å²) < 4.78 is 12.7. The van der Waals surface area contributed by atoms with Crippen LogP contribution in [0, 0.1) is 25.2 Å². The van der Waals surface area contributed by atoms with Gasteiger partial charge >= 0.3 is 5.97 Å². The second kappa shape index (κ2) is 8.50. The van der Waals surface area contributed by atoms with Gasteiger partial charge in [0.15, 0.2) is 6.61 Å². The fourth-order valence-corrected chi connectivity index (χ4v) is 4.13. The molecule has 3 heterocycles. The standard InChI is InChI=1S/C23H19N3O4S/c1-14-10-18(15(2)26(14)12-16-6-5-9-31-16)23(28)29-13-21(27)25-22-17-7-3-4-8-19(17)30-20(22)11-24/h3-10H,12-13H2,1-2H3,(H,25,27). The van der Waals surface area contributed by atoms with Gasteiger partial charge in [-0.05, 0) is 43.5 Å². The highest BCUT2D eigenvalue weighted by Crippen LogP contribution is 2.30. The number of carbonyl (C=O) groups excluding carboxylic acids is 2. The first-order valence-corrected chi connectivity index (χ1v) is 10.4. The van der Waals surface area contributed by atoms with Gasteiger partial charge < -0.3 is 19.0 Å². The van der Waals surface area contributed by atoms with Crippen LogP contribution in [0.15, 0.2) is 52.3 Å². The lowest BCUT2D eigenvalue weighted by Crippen LogP contribution is -2.21. The quantitative estimate of drug-likeness (QED) is 0.447. The minimum atomic E-state index is -0.571. The summed E-state index contributed by atoms with van der Waals surface area (Å²) in [6, 6.07) is 14.7. The van der Waals surface area contributed by atoms with Crippen molar-refractivity contribution in [1.82, 2.24) is 4.57 Å². The Kier molecular flexibility index (Phi) is 5.60. The number of para-hydroxylation sites is 1. The van der Waals surface area contributed by atoms with Crippen LogP contribution in [0.25, 0.3) is 11.0 Å². The average Bonchev–Trinajstić information content (AvgIpc) is 3.47. The predicted octanol–water partition coefficient (Wildman–Crippen LogP) is 4.63. The number of carbonyl (C=O) groups is 2. The van der Waals surface area contributed by atoms with Gasteiger partial charge in [0.05, 0.1) is 12.1 Å². The third-order valence-electron chi connectivity index (χ3n) is 4.98. The van der Waals surface area contributed by atoms with Gasteiger partial charge in [-0.1, -0.05) is 18.2 Å². The molecular weight excluding hydrogens is 414 g/mol. The minimum absolute atomic E-state index is 0.00185. The molecule has 1 aromatic carbocycles. The average molecular weight is 433 g/mol. The van der Waals surface area contributed by atoms with Crippen LogP contribution in [-0.2, 0) is 16.1 Å². The van der Waals surface area contributed by atoms with Crippen LogP contribution >= 0.6 is 11.3 Å². The first-order chi connectivity index (χ1) is 15.0. The van der Waals surface area contributed by atoms with Crippen LogP contribution in [0.3, 0.4) is 0 Å². The zero-order valence-corrected chi connectivity index (χ0v) is 17.8. The van der Waals surface area contributed by atoms with E-state index in [1.807, 2.05) is 42.0 Å². The van der Waals surface area contributed by atoms with Gasteiger partial charge in [0.1, 0.15) is 17.3 Å². The molecule has 4 rings (SSSR count). The lowest BCUT2D eigenvalue weighted by molar-refractivity contribution is -0.119. The van der Waals surface area contributed by atoms with Crippen molar-refractivity contribution in [1.29, 1.82) is 5.26 Å². The van der Waals surface area contributed by atoms with Crippen molar-refractivity contribution in [2.24, 2.45) is 0 Å². The first-order valence-electron chi connectivity index (χ1n) is 9.55. The second-order valence-electron chi connectivity index (χ2n) is 6.99. The number of fused-ring (bicyclic) bond motifs is 1. The topological polar surface area (TPSA) is 97.3 Å². The number of thiophene rings is 1. The Balaban J connectivity index is 1.44. The number of nitrogens with one attached hydrogen (secondary N) is 1. The lowest BCUT2D eigenvalue weighted by atomic mass is 10.2. The third-order valence-corrected chi connectivity index (χ3v) is 5.84. The van der Waals surface area contributed by atoms with Gasteiger partial charge in [-0.25, -0.2) is 4.79 Å². The van der Waals surface area contributed by atoms with Crippen molar-refractivity contribution in [3.05, 3.63) is 75.4 Å². The highest BCUT2D eigenvalue weighted by atomic mass is 32.1. The minimum Gasteiger partial charge on any atom is -0.452 e. The van der Waals surface area contributed by atoms with E-state index in [9.17, 15) is 14.9 Å². The summed E-state index contributed by atoms with van der Waals surface area (Å²) in [5.41, 5.74) is 2.90. The van der Waals surface area contributed by atoms with Gasteiger partial charge in [0.2, 0.25) is 5.76 Å². The summed E-state index contributed by atoms with van der Waals surface area (Å²) in [5.74, 6) is -1.12. The highest BCUT2D eigenvalue weighted by molar-refractivity contribution is 7.09. The van der Waals surface area contributed by atoms with E-state index in [2.05, 4.69) is 5.32 Å². The summed E-state index contributed by atoms with van der Waals surface area (Å²) in [6.07, 6.45) is 0. The summed E-state index contributed by atoms with van der Waals surface area (Å²) >= 11 is 1.65. The summed E-state index contributed by atoms with van der Waals surface area (Å²) in [5, 5.41) is 14.5. The molecule has 0 unspecified atom stereocenters. The van der Waals surface area contributed by atoms with Crippen LogP contribution in [0.1, 0.15) is 32.4 Å². The largest absolute Gasteiger partial charge is 0.452 e. The monoisotopic (exact) mass is 433 g/mol. The van der Waals surface area contributed by atoms with Crippen molar-refractivity contribution in [2.75, 3.05) is 11.9 Å². The number of aromatic nitrogens is 1. The molecule has 0 atom stereocenters. The van der Waals surface area contributed by atoms with Crippen LogP contribution in [-0.4, -0.2) is 23.1 Å². The molecule has 156 valence electrons. The Morgan fingerprint density at radius 2 is 2.03 bits per heavy atom. The van der Waals surface area contributed by atoms with Crippen molar-refractivity contribution in [3.8, 4) is 6.07 Å². The number of anilines is 1. The number of benzene rings is 1. The van der Waals surface area contributed by atoms with Crippen molar-refractivity contribution >= 4 is 39.9 Å². The molecule has 4 aromatic rings. The van der Waals surface area contributed by atoms with Crippen molar-refractivity contribution in [3.63, 3.8) is 0 Å². The fourth-order valence-electron chi connectivity index (χ4n) is 3.44. The highest BCUT2D eigenvalue weighted by Gasteiger charge is 2.20. The number of nitrogens with zero attached hydrogens (tertiary/aromatic N) is 2. The number of furan rings is 1. The third kappa shape index (κ3) is 4.09. The number of nitriles is 1. The van der Waals surface area contributed by atoms with E-state index in [1.54, 1.807) is 41.7 Å². The molecule has 0 aliphatic rings. The maximum atomic E-state index is 12.6. The van der Waals surface area contributed by atoms with Crippen LogP contribution in [0.5, 0.6) is 0 Å². The Hall–Kier alpha value is -3.83. The smallest absolute Gasteiger partial charge is 0.340 e. The number of hydrogen-bond donors (Lipinski definition) is 1. The molecule has 0 saturated carbocycles. The Morgan fingerprint density at radius 3 is 2.77 bits per heavy atom. The molecule has 31 heavy (non-hydrogen) atoms. The first kappa shape index (κ1) is 20.4. The number of rotatable bonds is 6. The fraction of sp³-hybridized carbons (Fsp3) is 0.174. The van der Waals surface area contributed by atoms with E-state index in [-0.39, 0.29) is 11.4 Å². The molecule has 0 radical (unpaired) electrons. The molecule has 1 amide bonds. The molecular formula is C23H19N3O4S. The van der Waals surface area contributed by atoms with Gasteiger partial charge in [0, 0.05) is 21.7 Å². The molecule has 0 saturated heterocycles. The van der Waals surface area contributed by atoms with Gasteiger partial charge in [-0.3, -0.25) is 4.79 Å². The molecule has 7 nitrogen and oxygen atoms in total. The summed E-state index contributed by atoms with van der Waals surface area (Å²) in [7, 11) is 0. The van der Waals surface area contributed by atoms with Gasteiger partial charge in [-0.2, -0.15) is 5.26 Å². The van der Waals surface area contributed by atoms with E-state index >= 15 is 0 Å².